The molecule has 1 unspecified atom stereocenters. The highest BCUT2D eigenvalue weighted by atomic mass is 35.5. The van der Waals surface area contributed by atoms with E-state index in [1.165, 1.54) is 19.4 Å². The van der Waals surface area contributed by atoms with Gasteiger partial charge in [0.15, 0.2) is 0 Å². The summed E-state index contributed by atoms with van der Waals surface area (Å²) in [4.78, 5) is 2.36. The molecule has 0 N–H and O–H groups in total. The van der Waals surface area contributed by atoms with Crippen molar-refractivity contribution in [3.63, 3.8) is 0 Å². The molecule has 0 aromatic heterocycles. The zero-order chi connectivity index (χ0) is 18.2. The second-order valence-corrected chi connectivity index (χ2v) is 8.71. The Morgan fingerprint density at radius 3 is 2.56 bits per heavy atom. The number of ether oxygens (including phenoxy) is 1. The lowest BCUT2D eigenvalue weighted by Crippen LogP contribution is -2.41. The Bertz CT molecular complexity index is 607. The van der Waals surface area contributed by atoms with Crippen LogP contribution in [0.5, 0.6) is 5.75 Å². The van der Waals surface area contributed by atoms with Gasteiger partial charge in [0.2, 0.25) is 0 Å². The minimum absolute atomic E-state index is 0.384. The summed E-state index contributed by atoms with van der Waals surface area (Å²) in [6.07, 6.45) is 2.44. The summed E-state index contributed by atoms with van der Waals surface area (Å²) in [5.74, 6) is 1.26. The molecule has 0 aliphatic carbocycles. The predicted molar refractivity (Wildman–Crippen MR) is 103 cm³/mol. The topological polar surface area (TPSA) is 30.9 Å². The minimum Gasteiger partial charge on any atom is -0.492 e. The van der Waals surface area contributed by atoms with E-state index in [0.29, 0.717) is 23.3 Å². The van der Waals surface area contributed by atoms with Crippen LogP contribution < -0.4 is 10.2 Å². The molecule has 1 atom stereocenters. The van der Waals surface area contributed by atoms with Crippen LogP contribution >= 0.6 is 11.6 Å². The third kappa shape index (κ3) is 4.00. The van der Waals surface area contributed by atoms with E-state index in [1.807, 2.05) is 45.9 Å². The van der Waals surface area contributed by atoms with Gasteiger partial charge in [-0.2, -0.15) is 0 Å². The summed E-state index contributed by atoms with van der Waals surface area (Å²) in [6.45, 7) is 11.1. The van der Waals surface area contributed by atoms with Crippen LogP contribution in [-0.2, 0) is 9.31 Å². The van der Waals surface area contributed by atoms with Gasteiger partial charge in [-0.1, -0.05) is 23.7 Å². The Morgan fingerprint density at radius 1 is 1.24 bits per heavy atom. The van der Waals surface area contributed by atoms with Gasteiger partial charge >= 0.3 is 7.12 Å². The molecule has 2 aliphatic rings. The van der Waals surface area contributed by atoms with Gasteiger partial charge in [0.25, 0.3) is 0 Å². The minimum atomic E-state index is -0.470. The molecule has 0 amide bonds. The van der Waals surface area contributed by atoms with Gasteiger partial charge in [-0.3, -0.25) is 0 Å². The molecule has 4 nitrogen and oxygen atoms in total. The highest BCUT2D eigenvalue weighted by molar-refractivity contribution is 6.66. The van der Waals surface area contributed by atoms with Crippen molar-refractivity contribution in [1.29, 1.82) is 0 Å². The normalized spacial score (nSPS) is 26.0. The fraction of sp³-hybridized carbons (Fsp3) is 0.684. The largest absolute Gasteiger partial charge is 0.496 e. The van der Waals surface area contributed by atoms with Crippen molar-refractivity contribution in [3.05, 3.63) is 23.2 Å². The molecular formula is C19H29BClNO3. The fourth-order valence-electron chi connectivity index (χ4n) is 3.41. The van der Waals surface area contributed by atoms with E-state index >= 15 is 0 Å². The fourth-order valence-corrected chi connectivity index (χ4v) is 3.68. The first-order valence-electron chi connectivity index (χ1n) is 9.15. The van der Waals surface area contributed by atoms with Gasteiger partial charge in [-0.15, -0.1) is 0 Å². The molecule has 3 rings (SSSR count). The van der Waals surface area contributed by atoms with Crippen molar-refractivity contribution in [2.75, 3.05) is 26.7 Å². The first-order chi connectivity index (χ1) is 11.7. The van der Waals surface area contributed by atoms with E-state index < -0.39 is 7.12 Å². The number of hydrogen-bond acceptors (Lipinski definition) is 4. The highest BCUT2D eigenvalue weighted by Crippen LogP contribution is 2.37. The maximum Gasteiger partial charge on any atom is 0.496 e. The van der Waals surface area contributed by atoms with Gasteiger partial charge in [0.1, 0.15) is 5.75 Å². The van der Waals surface area contributed by atoms with Gasteiger partial charge < -0.3 is 18.9 Å². The van der Waals surface area contributed by atoms with Crippen molar-refractivity contribution >= 4 is 24.2 Å². The molecule has 2 aliphatic heterocycles. The van der Waals surface area contributed by atoms with Gasteiger partial charge in [0.05, 0.1) is 22.8 Å². The summed E-state index contributed by atoms with van der Waals surface area (Å²) in [7, 11) is 1.69. The van der Waals surface area contributed by atoms with Crippen LogP contribution in [0.3, 0.4) is 0 Å². The van der Waals surface area contributed by atoms with Crippen LogP contribution in [-0.4, -0.2) is 50.0 Å². The standard InChI is InChI=1S/C19H29BClNO3/c1-18(2)19(3,4)25-20(24-18)15-9-6-10-16(17(15)21)23-13-14-8-7-11-22(5)12-14/h6,9-10,14H,7-8,11-13H2,1-5H3. The number of halogens is 1. The zero-order valence-corrected chi connectivity index (χ0v) is 16.7. The highest BCUT2D eigenvalue weighted by Gasteiger charge is 2.52. The molecule has 2 saturated heterocycles. The van der Waals surface area contributed by atoms with Gasteiger partial charge in [-0.25, -0.2) is 0 Å². The Hall–Kier alpha value is -0.745. The van der Waals surface area contributed by atoms with Crippen molar-refractivity contribution in [1.82, 2.24) is 4.90 Å². The molecule has 138 valence electrons. The van der Waals surface area contributed by atoms with Crippen molar-refractivity contribution in [3.8, 4) is 5.75 Å². The lowest BCUT2D eigenvalue weighted by Gasteiger charge is -2.32. The first-order valence-corrected chi connectivity index (χ1v) is 9.53. The van der Waals surface area contributed by atoms with Crippen molar-refractivity contribution in [2.24, 2.45) is 5.92 Å². The lowest BCUT2D eigenvalue weighted by molar-refractivity contribution is 0.00578. The average molecular weight is 366 g/mol. The molecular weight excluding hydrogens is 336 g/mol. The second-order valence-electron chi connectivity index (χ2n) is 8.33. The van der Waals surface area contributed by atoms with Crippen LogP contribution in [0.15, 0.2) is 18.2 Å². The third-order valence-electron chi connectivity index (χ3n) is 5.70. The Morgan fingerprint density at radius 2 is 1.92 bits per heavy atom. The molecule has 2 heterocycles. The van der Waals surface area contributed by atoms with E-state index in [4.69, 9.17) is 25.6 Å². The summed E-state index contributed by atoms with van der Waals surface area (Å²) in [5.41, 5.74) is 0.0632. The van der Waals surface area contributed by atoms with Crippen molar-refractivity contribution in [2.45, 2.75) is 51.7 Å². The number of piperidine rings is 1. The van der Waals surface area contributed by atoms with Crippen LogP contribution in [0.4, 0.5) is 0 Å². The molecule has 0 saturated carbocycles. The monoisotopic (exact) mass is 365 g/mol. The molecule has 2 fully saturated rings. The Labute approximate surface area is 156 Å². The average Bonchev–Trinajstić information content (AvgIpc) is 2.74. The predicted octanol–water partition coefficient (Wildman–Crippen LogP) is 3.36. The second kappa shape index (κ2) is 7.11. The number of rotatable bonds is 4. The van der Waals surface area contributed by atoms with E-state index in [9.17, 15) is 0 Å². The number of hydrogen-bond donors (Lipinski definition) is 0. The Balaban J connectivity index is 1.70. The van der Waals surface area contributed by atoms with Crippen LogP contribution in [0.1, 0.15) is 40.5 Å². The summed E-state index contributed by atoms with van der Waals surface area (Å²) in [6, 6.07) is 5.82. The third-order valence-corrected chi connectivity index (χ3v) is 6.10. The van der Waals surface area contributed by atoms with Crippen molar-refractivity contribution < 1.29 is 14.0 Å². The number of benzene rings is 1. The first kappa shape index (κ1) is 19.0. The van der Waals surface area contributed by atoms with Crippen LogP contribution in [0.25, 0.3) is 0 Å². The summed E-state index contributed by atoms with van der Waals surface area (Å²) < 4.78 is 18.3. The Kier molecular flexibility index (Phi) is 5.41. The molecule has 0 bridgehead atoms. The molecule has 6 heteroatoms. The van der Waals surface area contributed by atoms with Gasteiger partial charge in [-0.05, 0) is 60.2 Å². The lowest BCUT2D eigenvalue weighted by atomic mass is 9.79. The maximum absolute atomic E-state index is 6.63. The van der Waals surface area contributed by atoms with E-state index in [-0.39, 0.29) is 11.2 Å². The van der Waals surface area contributed by atoms with E-state index in [0.717, 1.165) is 12.0 Å². The number of nitrogens with zero attached hydrogens (tertiary/aromatic N) is 1. The van der Waals surface area contributed by atoms with Crippen LogP contribution in [0.2, 0.25) is 5.02 Å². The van der Waals surface area contributed by atoms with E-state index in [2.05, 4.69) is 11.9 Å². The van der Waals surface area contributed by atoms with Crippen LogP contribution in [0, 0.1) is 5.92 Å². The molecule has 25 heavy (non-hydrogen) atoms. The number of likely N-dealkylation sites (tertiary alicyclic amines) is 1. The SMILES string of the molecule is CN1CCCC(COc2cccc(B3OC(C)(C)C(C)(C)O3)c2Cl)C1. The maximum atomic E-state index is 6.63. The summed E-state index contributed by atoms with van der Waals surface area (Å²) in [5, 5.41) is 0.588. The molecule has 1 aromatic rings. The molecule has 0 radical (unpaired) electrons. The molecule has 0 spiro atoms. The quantitative estimate of drug-likeness (QED) is 0.766. The smallest absolute Gasteiger partial charge is 0.492 e. The van der Waals surface area contributed by atoms with E-state index in [1.54, 1.807) is 0 Å². The van der Waals surface area contributed by atoms with Gasteiger partial charge in [0, 0.05) is 17.9 Å². The summed E-state index contributed by atoms with van der Waals surface area (Å²) >= 11 is 6.63. The zero-order valence-electron chi connectivity index (χ0n) is 16.0. The molecule has 1 aromatic carbocycles.